The molecule has 0 aromatic heterocycles. The molecule has 1 aliphatic carbocycles. The predicted octanol–water partition coefficient (Wildman–Crippen LogP) is 3.56. The maximum absolute atomic E-state index is 13.4. The van der Waals surface area contributed by atoms with Crippen LogP contribution in [0.15, 0.2) is 54.6 Å². The molecule has 1 saturated carbocycles. The van der Waals surface area contributed by atoms with Crippen LogP contribution in [0, 0.1) is 10.8 Å². The molecular weight excluding hydrogens is 316 g/mol. The van der Waals surface area contributed by atoms with Crippen LogP contribution >= 0.6 is 0 Å². The molecule has 0 unspecified atom stereocenters. The van der Waals surface area contributed by atoms with Gasteiger partial charge in [-0.3, -0.25) is 14.4 Å². The third-order valence-corrected chi connectivity index (χ3v) is 5.85. The van der Waals surface area contributed by atoms with Crippen molar-refractivity contribution in [3.05, 3.63) is 65.7 Å². The highest BCUT2D eigenvalue weighted by atomic mass is 16.5. The Bertz CT molecular complexity index is 901. The molecule has 0 amide bonds. The zero-order chi connectivity index (χ0) is 17.8. The molecule has 25 heavy (non-hydrogen) atoms. The summed E-state index contributed by atoms with van der Waals surface area (Å²) in [4.78, 5) is 38.9. The van der Waals surface area contributed by atoms with Gasteiger partial charge in [0.25, 0.3) is 0 Å². The van der Waals surface area contributed by atoms with Crippen molar-refractivity contribution in [3.8, 4) is 5.75 Å². The molecule has 4 nitrogen and oxygen atoms in total. The average Bonchev–Trinajstić information content (AvgIpc) is 3.29. The molecule has 0 spiro atoms. The number of ether oxygens (including phenoxy) is 1. The summed E-state index contributed by atoms with van der Waals surface area (Å²) in [6.07, 6.45) is 0.397. The van der Waals surface area contributed by atoms with E-state index >= 15 is 0 Å². The van der Waals surface area contributed by atoms with Crippen LogP contribution < -0.4 is 4.74 Å². The highest BCUT2D eigenvalue weighted by Crippen LogP contribution is 2.80. The summed E-state index contributed by atoms with van der Waals surface area (Å²) < 4.78 is 5.48. The Morgan fingerprint density at radius 2 is 1.68 bits per heavy atom. The van der Waals surface area contributed by atoms with E-state index in [1.54, 1.807) is 36.4 Å². The van der Waals surface area contributed by atoms with Crippen LogP contribution in [-0.4, -0.2) is 17.5 Å². The van der Waals surface area contributed by atoms with Gasteiger partial charge in [-0.05, 0) is 19.4 Å². The lowest BCUT2D eigenvalue weighted by Crippen LogP contribution is -2.38. The molecule has 4 rings (SSSR count). The summed E-state index contributed by atoms with van der Waals surface area (Å²) in [5, 5.41) is 0. The second-order valence-corrected chi connectivity index (χ2v) is 6.74. The van der Waals surface area contributed by atoms with Gasteiger partial charge in [-0.1, -0.05) is 55.5 Å². The Hall–Kier alpha value is -2.75. The van der Waals surface area contributed by atoms with Crippen molar-refractivity contribution in [2.45, 2.75) is 26.2 Å². The number of fused-ring (bicyclic) bond motifs is 3. The highest BCUT2D eigenvalue weighted by molar-refractivity contribution is 6.21. The maximum atomic E-state index is 13.4. The largest absolute Gasteiger partial charge is 0.425 e. The number of benzene rings is 2. The summed E-state index contributed by atoms with van der Waals surface area (Å²) in [5.74, 6) is -1.08. The Balaban J connectivity index is 1.96. The van der Waals surface area contributed by atoms with E-state index in [2.05, 4.69) is 0 Å². The van der Waals surface area contributed by atoms with Gasteiger partial charge in [-0.25, -0.2) is 0 Å². The van der Waals surface area contributed by atoms with E-state index in [1.807, 2.05) is 25.1 Å². The molecule has 1 heterocycles. The molecule has 126 valence electrons. The van der Waals surface area contributed by atoms with Crippen molar-refractivity contribution < 1.29 is 19.1 Å². The van der Waals surface area contributed by atoms with Crippen LogP contribution in [0.3, 0.4) is 0 Å². The number of ketones is 2. The quantitative estimate of drug-likeness (QED) is 0.371. The Kier molecular flexibility index (Phi) is 3.23. The van der Waals surface area contributed by atoms with Crippen LogP contribution in [0.2, 0.25) is 0 Å². The number of carbonyl (C=O) groups is 3. The normalized spacial score (nSPS) is 29.2. The van der Waals surface area contributed by atoms with Crippen molar-refractivity contribution >= 4 is 17.5 Å². The Morgan fingerprint density at radius 3 is 2.32 bits per heavy atom. The van der Waals surface area contributed by atoms with Gasteiger partial charge in [0.05, 0.1) is 5.41 Å². The van der Waals surface area contributed by atoms with E-state index in [0.717, 1.165) is 5.56 Å². The molecule has 0 bridgehead atoms. The first-order valence-electron chi connectivity index (χ1n) is 8.44. The number of Topliss-reactive ketones (excluding diaryl/α,β-unsaturated/α-hetero) is 2. The van der Waals surface area contributed by atoms with Crippen LogP contribution in [0.1, 0.15) is 42.1 Å². The molecule has 1 aliphatic heterocycles. The summed E-state index contributed by atoms with van der Waals surface area (Å²) in [6.45, 7) is 3.25. The zero-order valence-electron chi connectivity index (χ0n) is 14.1. The SMILES string of the molecule is CC[C@@]1(C(=O)c2ccccc2)[C@H]2c3ccccc3OC(=O)[C@]21C(C)=O. The van der Waals surface area contributed by atoms with E-state index in [4.69, 9.17) is 4.74 Å². The summed E-state index contributed by atoms with van der Waals surface area (Å²) >= 11 is 0. The van der Waals surface area contributed by atoms with E-state index in [-0.39, 0.29) is 11.6 Å². The van der Waals surface area contributed by atoms with Gasteiger partial charge in [0, 0.05) is 17.0 Å². The molecule has 2 aromatic rings. The van der Waals surface area contributed by atoms with Crippen molar-refractivity contribution in [3.63, 3.8) is 0 Å². The van der Waals surface area contributed by atoms with E-state index in [0.29, 0.717) is 17.7 Å². The smallest absolute Gasteiger partial charge is 0.326 e. The van der Waals surface area contributed by atoms with E-state index in [9.17, 15) is 14.4 Å². The second-order valence-electron chi connectivity index (χ2n) is 6.74. The standard InChI is InChI=1S/C21H18O4/c1-3-20(18(23)14-9-5-4-6-10-14)17-15-11-7-8-12-16(15)25-19(24)21(17,20)13(2)22/h4-12,17H,3H2,1-2H3/t17-,20+,21+/m1/s1. The number of para-hydroxylation sites is 1. The molecule has 0 radical (unpaired) electrons. The summed E-state index contributed by atoms with van der Waals surface area (Å²) in [6, 6.07) is 16.0. The number of hydrogen-bond donors (Lipinski definition) is 0. The van der Waals surface area contributed by atoms with Crippen molar-refractivity contribution in [2.24, 2.45) is 10.8 Å². The van der Waals surface area contributed by atoms with Gasteiger partial charge in [0.15, 0.2) is 5.78 Å². The molecule has 2 aliphatic rings. The molecule has 4 heteroatoms. The average molecular weight is 334 g/mol. The van der Waals surface area contributed by atoms with Gasteiger partial charge in [0.1, 0.15) is 16.9 Å². The number of carbonyl (C=O) groups excluding carboxylic acids is 3. The summed E-state index contributed by atoms with van der Waals surface area (Å²) in [7, 11) is 0. The van der Waals surface area contributed by atoms with Crippen LogP contribution in [0.5, 0.6) is 5.75 Å². The van der Waals surface area contributed by atoms with Gasteiger partial charge in [-0.2, -0.15) is 0 Å². The monoisotopic (exact) mass is 334 g/mol. The first-order valence-corrected chi connectivity index (χ1v) is 8.44. The Labute approximate surface area is 145 Å². The lowest BCUT2D eigenvalue weighted by atomic mass is 9.81. The lowest BCUT2D eigenvalue weighted by molar-refractivity contribution is -0.148. The fourth-order valence-corrected chi connectivity index (χ4v) is 4.79. The third-order valence-electron chi connectivity index (χ3n) is 5.85. The van der Waals surface area contributed by atoms with E-state index < -0.39 is 22.7 Å². The first-order chi connectivity index (χ1) is 12.0. The molecule has 1 fully saturated rings. The van der Waals surface area contributed by atoms with Crippen LogP contribution in [0.25, 0.3) is 0 Å². The fourth-order valence-electron chi connectivity index (χ4n) is 4.79. The van der Waals surface area contributed by atoms with Crippen molar-refractivity contribution in [2.75, 3.05) is 0 Å². The minimum atomic E-state index is -1.41. The highest BCUT2D eigenvalue weighted by Gasteiger charge is 2.87. The topological polar surface area (TPSA) is 60.4 Å². The van der Waals surface area contributed by atoms with Crippen LogP contribution in [-0.2, 0) is 9.59 Å². The molecule has 3 atom stereocenters. The molecule has 0 saturated heterocycles. The Morgan fingerprint density at radius 1 is 1.04 bits per heavy atom. The van der Waals surface area contributed by atoms with Crippen LogP contribution in [0.4, 0.5) is 0 Å². The van der Waals surface area contributed by atoms with E-state index in [1.165, 1.54) is 6.92 Å². The lowest BCUT2D eigenvalue weighted by Gasteiger charge is -2.22. The molecule has 2 aromatic carbocycles. The second kappa shape index (κ2) is 5.12. The number of rotatable bonds is 4. The fraction of sp³-hybridized carbons (Fsp3) is 0.286. The number of hydrogen-bond acceptors (Lipinski definition) is 4. The minimum absolute atomic E-state index is 0.163. The van der Waals surface area contributed by atoms with Crippen molar-refractivity contribution in [1.29, 1.82) is 0 Å². The maximum Gasteiger partial charge on any atom is 0.326 e. The first kappa shape index (κ1) is 15.8. The molecule has 0 N–H and O–H groups in total. The minimum Gasteiger partial charge on any atom is -0.425 e. The number of esters is 1. The van der Waals surface area contributed by atoms with Crippen molar-refractivity contribution in [1.82, 2.24) is 0 Å². The zero-order valence-corrected chi connectivity index (χ0v) is 14.1. The predicted molar refractivity (Wildman–Crippen MR) is 91.4 cm³/mol. The van der Waals surface area contributed by atoms with Gasteiger partial charge in [-0.15, -0.1) is 0 Å². The third kappa shape index (κ3) is 1.69. The summed E-state index contributed by atoms with van der Waals surface area (Å²) in [5.41, 5.74) is -1.21. The van der Waals surface area contributed by atoms with Gasteiger partial charge >= 0.3 is 5.97 Å². The van der Waals surface area contributed by atoms with Gasteiger partial charge < -0.3 is 4.74 Å². The van der Waals surface area contributed by atoms with Gasteiger partial charge in [0.2, 0.25) is 0 Å². The molecular formula is C21H18O4.